The van der Waals surface area contributed by atoms with Crippen LogP contribution in [0.15, 0.2) is 12.4 Å². The Balaban J connectivity index is 1.37. The van der Waals surface area contributed by atoms with Gasteiger partial charge in [0.2, 0.25) is 5.91 Å². The Bertz CT molecular complexity index is 640. The minimum Gasteiger partial charge on any atom is -0.353 e. The largest absolute Gasteiger partial charge is 0.353 e. The molecule has 6 heteroatoms. The number of nitrogens with one attached hydrogen (secondary N) is 1. The predicted molar refractivity (Wildman–Crippen MR) is 83.6 cm³/mol. The molecular formula is C17H22N4O2. The number of rotatable bonds is 3. The van der Waals surface area contributed by atoms with Crippen molar-refractivity contribution >= 4 is 11.8 Å². The summed E-state index contributed by atoms with van der Waals surface area (Å²) in [5, 5.41) is 3.15. The highest BCUT2D eigenvalue weighted by Crippen LogP contribution is 2.58. The second-order valence-corrected chi connectivity index (χ2v) is 7.28. The summed E-state index contributed by atoms with van der Waals surface area (Å²) in [6, 6.07) is 0.391. The highest BCUT2D eigenvalue weighted by molar-refractivity contribution is 5.92. The lowest BCUT2D eigenvalue weighted by Crippen LogP contribution is -2.41. The number of aromatic nitrogens is 2. The Labute approximate surface area is 135 Å². The number of carbonyl (C=O) groups is 2. The van der Waals surface area contributed by atoms with Gasteiger partial charge in [0.15, 0.2) is 0 Å². The van der Waals surface area contributed by atoms with Crippen LogP contribution in [0.3, 0.4) is 0 Å². The van der Waals surface area contributed by atoms with E-state index in [9.17, 15) is 9.59 Å². The number of nitrogens with zero attached hydrogens (tertiary/aromatic N) is 3. The second-order valence-electron chi connectivity index (χ2n) is 7.28. The summed E-state index contributed by atoms with van der Waals surface area (Å²) in [7, 11) is 0. The molecule has 1 aliphatic heterocycles. The quantitative estimate of drug-likeness (QED) is 0.912. The Kier molecular flexibility index (Phi) is 3.36. The summed E-state index contributed by atoms with van der Waals surface area (Å²) in [5.41, 5.74) is 1.21. The Morgan fingerprint density at radius 2 is 2.13 bits per heavy atom. The van der Waals surface area contributed by atoms with Crippen molar-refractivity contribution < 1.29 is 9.59 Å². The smallest absolute Gasteiger partial charge is 0.274 e. The third-order valence-corrected chi connectivity index (χ3v) is 5.63. The fourth-order valence-corrected chi connectivity index (χ4v) is 3.76. The average molecular weight is 314 g/mol. The van der Waals surface area contributed by atoms with E-state index in [1.54, 1.807) is 6.20 Å². The molecular weight excluding hydrogens is 292 g/mol. The van der Waals surface area contributed by atoms with Gasteiger partial charge in [0.05, 0.1) is 11.9 Å². The molecule has 23 heavy (non-hydrogen) atoms. The van der Waals surface area contributed by atoms with Gasteiger partial charge < -0.3 is 10.2 Å². The van der Waals surface area contributed by atoms with E-state index in [1.807, 2.05) is 11.8 Å². The molecule has 4 rings (SSSR count). The summed E-state index contributed by atoms with van der Waals surface area (Å²) >= 11 is 0. The van der Waals surface area contributed by atoms with Crippen molar-refractivity contribution in [2.45, 2.75) is 45.1 Å². The van der Waals surface area contributed by atoms with Crippen LogP contribution in [0.2, 0.25) is 0 Å². The number of hydrogen-bond donors (Lipinski definition) is 1. The molecule has 3 fully saturated rings. The van der Waals surface area contributed by atoms with Crippen molar-refractivity contribution in [3.63, 3.8) is 0 Å². The highest BCUT2D eigenvalue weighted by Gasteiger charge is 2.61. The van der Waals surface area contributed by atoms with Gasteiger partial charge in [0, 0.05) is 36.7 Å². The van der Waals surface area contributed by atoms with Crippen LogP contribution in [-0.4, -0.2) is 45.8 Å². The molecule has 1 saturated heterocycles. The molecule has 2 aliphatic carbocycles. The van der Waals surface area contributed by atoms with E-state index in [0.29, 0.717) is 24.8 Å². The van der Waals surface area contributed by atoms with E-state index in [1.165, 1.54) is 12.6 Å². The van der Waals surface area contributed by atoms with Gasteiger partial charge in [-0.15, -0.1) is 0 Å². The van der Waals surface area contributed by atoms with Crippen LogP contribution in [0.5, 0.6) is 0 Å². The summed E-state index contributed by atoms with van der Waals surface area (Å²) in [6.07, 6.45) is 8.43. The lowest BCUT2D eigenvalue weighted by atomic mass is 9.92. The van der Waals surface area contributed by atoms with Crippen LogP contribution in [0, 0.1) is 18.3 Å². The molecule has 2 saturated carbocycles. The summed E-state index contributed by atoms with van der Waals surface area (Å²) in [5.74, 6) is 0.212. The predicted octanol–water partition coefficient (Wildman–Crippen LogP) is 1.31. The van der Waals surface area contributed by atoms with Crippen molar-refractivity contribution in [3.8, 4) is 0 Å². The Morgan fingerprint density at radius 1 is 1.30 bits per heavy atom. The fraction of sp³-hybridized carbons (Fsp3) is 0.647. The maximum absolute atomic E-state index is 12.5. The van der Waals surface area contributed by atoms with Crippen molar-refractivity contribution in [3.05, 3.63) is 23.8 Å². The molecule has 0 aromatic carbocycles. The Morgan fingerprint density at radius 3 is 2.78 bits per heavy atom. The maximum Gasteiger partial charge on any atom is 0.274 e. The van der Waals surface area contributed by atoms with E-state index < -0.39 is 0 Å². The van der Waals surface area contributed by atoms with Crippen LogP contribution in [-0.2, 0) is 4.79 Å². The molecule has 0 radical (unpaired) electrons. The van der Waals surface area contributed by atoms with E-state index in [4.69, 9.17) is 0 Å². The highest BCUT2D eigenvalue weighted by atomic mass is 16.2. The van der Waals surface area contributed by atoms with E-state index >= 15 is 0 Å². The first-order chi connectivity index (χ1) is 11.1. The van der Waals surface area contributed by atoms with Crippen molar-refractivity contribution in [2.75, 3.05) is 13.1 Å². The van der Waals surface area contributed by atoms with Gasteiger partial charge >= 0.3 is 0 Å². The molecule has 2 amide bonds. The number of aryl methyl sites for hydroxylation is 1. The van der Waals surface area contributed by atoms with Crippen LogP contribution in [0.25, 0.3) is 0 Å². The summed E-state index contributed by atoms with van der Waals surface area (Å²) in [6.45, 7) is 3.23. The van der Waals surface area contributed by atoms with Gasteiger partial charge in [0.1, 0.15) is 5.69 Å². The molecule has 2 unspecified atom stereocenters. The van der Waals surface area contributed by atoms with E-state index in [0.717, 1.165) is 31.4 Å². The number of likely N-dealkylation sites (tertiary alicyclic amines) is 1. The Hall–Kier alpha value is -1.98. The van der Waals surface area contributed by atoms with Gasteiger partial charge in [-0.2, -0.15) is 0 Å². The first kappa shape index (κ1) is 14.6. The first-order valence-corrected chi connectivity index (χ1v) is 8.46. The van der Waals surface area contributed by atoms with Gasteiger partial charge in [-0.25, -0.2) is 4.98 Å². The zero-order chi connectivity index (χ0) is 16.0. The summed E-state index contributed by atoms with van der Waals surface area (Å²) < 4.78 is 0. The van der Waals surface area contributed by atoms with Crippen molar-refractivity contribution in [1.29, 1.82) is 0 Å². The minimum absolute atomic E-state index is 0.0155. The lowest BCUT2D eigenvalue weighted by Gasteiger charge is -2.26. The van der Waals surface area contributed by atoms with E-state index in [2.05, 4.69) is 15.3 Å². The zero-order valence-electron chi connectivity index (χ0n) is 13.4. The van der Waals surface area contributed by atoms with E-state index in [-0.39, 0.29) is 23.1 Å². The molecule has 6 nitrogen and oxygen atoms in total. The van der Waals surface area contributed by atoms with Gasteiger partial charge in [-0.05, 0) is 39.0 Å². The number of amides is 2. The fourth-order valence-electron chi connectivity index (χ4n) is 3.76. The normalized spacial score (nSPS) is 29.4. The first-order valence-electron chi connectivity index (χ1n) is 8.46. The monoisotopic (exact) mass is 314 g/mol. The van der Waals surface area contributed by atoms with Crippen LogP contribution >= 0.6 is 0 Å². The maximum atomic E-state index is 12.5. The molecule has 122 valence electrons. The van der Waals surface area contributed by atoms with Crippen molar-refractivity contribution in [1.82, 2.24) is 20.2 Å². The van der Waals surface area contributed by atoms with Gasteiger partial charge in [0.25, 0.3) is 5.91 Å². The third kappa shape index (κ3) is 2.60. The topological polar surface area (TPSA) is 75.2 Å². The van der Waals surface area contributed by atoms with Crippen LogP contribution < -0.4 is 5.32 Å². The molecule has 2 heterocycles. The average Bonchev–Trinajstić information content (AvgIpc) is 3.04. The lowest BCUT2D eigenvalue weighted by molar-refractivity contribution is -0.124. The zero-order valence-corrected chi connectivity index (χ0v) is 13.4. The molecule has 1 aromatic heterocycles. The van der Waals surface area contributed by atoms with Crippen molar-refractivity contribution in [2.24, 2.45) is 11.3 Å². The van der Waals surface area contributed by atoms with Crippen LogP contribution in [0.1, 0.15) is 48.3 Å². The number of hydrogen-bond acceptors (Lipinski definition) is 4. The molecule has 3 aliphatic rings. The number of carbonyl (C=O) groups excluding carboxylic acids is 2. The molecule has 1 aromatic rings. The van der Waals surface area contributed by atoms with Crippen LogP contribution in [0.4, 0.5) is 0 Å². The van der Waals surface area contributed by atoms with Gasteiger partial charge in [-0.1, -0.05) is 0 Å². The van der Waals surface area contributed by atoms with Gasteiger partial charge in [-0.3, -0.25) is 14.6 Å². The second kappa shape index (κ2) is 5.28. The SMILES string of the molecule is Cc1cnc(C(=O)N2CCC3(CC3C(=O)NC3CCC3)C2)cn1. The molecule has 2 atom stereocenters. The summed E-state index contributed by atoms with van der Waals surface area (Å²) in [4.78, 5) is 35.0. The third-order valence-electron chi connectivity index (χ3n) is 5.63. The molecule has 0 bridgehead atoms. The standard InChI is InChI=1S/C17H22N4O2/c1-11-8-19-14(9-18-11)16(23)21-6-5-17(10-21)7-13(17)15(22)20-12-3-2-4-12/h8-9,12-13H,2-7,10H2,1H3,(H,20,22). The minimum atomic E-state index is -0.0700. The molecule has 1 N–H and O–H groups in total. The molecule has 1 spiro atoms.